The van der Waals surface area contributed by atoms with E-state index in [2.05, 4.69) is 29.4 Å². The molecule has 0 radical (unpaired) electrons. The molecule has 0 unspecified atom stereocenters. The molecule has 34 heavy (non-hydrogen) atoms. The van der Waals surface area contributed by atoms with Crippen molar-refractivity contribution >= 4 is 26.4 Å². The quantitative estimate of drug-likeness (QED) is 0.409. The first kappa shape index (κ1) is 21.0. The van der Waals surface area contributed by atoms with Crippen molar-refractivity contribution in [2.24, 2.45) is 10.9 Å². The van der Waals surface area contributed by atoms with Crippen molar-refractivity contribution in [2.45, 2.75) is 29.7 Å². The Labute approximate surface area is 197 Å². The summed E-state index contributed by atoms with van der Waals surface area (Å²) in [6.45, 7) is 0. The average Bonchev–Trinajstić information content (AvgIpc) is 3.24. The molecule has 5 aromatic rings. The largest absolute Gasteiger partial charge is 0.321 e. The van der Waals surface area contributed by atoms with E-state index in [-0.39, 0.29) is 10.4 Å². The van der Waals surface area contributed by atoms with Gasteiger partial charge in [0.1, 0.15) is 0 Å². The SMILES string of the molecule is NC1(c2ccc(-c3cnc4c(-c5ccc(S(N)(=O)=O)c6ccccc56)cnn4c3)cc2)CCC1. The first-order valence-corrected chi connectivity index (χ1v) is 12.7. The van der Waals surface area contributed by atoms with Gasteiger partial charge in [-0.1, -0.05) is 54.6 Å². The lowest BCUT2D eigenvalue weighted by atomic mass is 9.72. The van der Waals surface area contributed by atoms with Gasteiger partial charge in [0.15, 0.2) is 5.65 Å². The van der Waals surface area contributed by atoms with E-state index in [0.29, 0.717) is 11.0 Å². The van der Waals surface area contributed by atoms with E-state index in [1.54, 1.807) is 35.0 Å². The minimum absolute atomic E-state index is 0.100. The van der Waals surface area contributed by atoms with Crippen LogP contribution in [0.4, 0.5) is 0 Å². The molecule has 0 atom stereocenters. The number of nitrogens with zero attached hydrogens (tertiary/aromatic N) is 3. The first-order chi connectivity index (χ1) is 16.3. The Hall–Kier alpha value is -3.59. The topological polar surface area (TPSA) is 116 Å². The minimum atomic E-state index is -3.85. The normalized spacial score (nSPS) is 15.5. The Morgan fingerprint density at radius 2 is 1.59 bits per heavy atom. The van der Waals surface area contributed by atoms with Crippen LogP contribution in [0.3, 0.4) is 0 Å². The van der Waals surface area contributed by atoms with Gasteiger partial charge in [-0.05, 0) is 47.4 Å². The maximum absolute atomic E-state index is 12.1. The van der Waals surface area contributed by atoms with Gasteiger partial charge < -0.3 is 5.73 Å². The van der Waals surface area contributed by atoms with Gasteiger partial charge in [0.2, 0.25) is 10.0 Å². The van der Waals surface area contributed by atoms with Crippen LogP contribution in [0.1, 0.15) is 24.8 Å². The minimum Gasteiger partial charge on any atom is -0.321 e. The number of hydrogen-bond acceptors (Lipinski definition) is 5. The number of nitrogens with two attached hydrogens (primary N) is 2. The van der Waals surface area contributed by atoms with Crippen molar-refractivity contribution in [1.82, 2.24) is 14.6 Å². The molecule has 1 aliphatic rings. The van der Waals surface area contributed by atoms with Crippen LogP contribution >= 0.6 is 0 Å². The van der Waals surface area contributed by atoms with Gasteiger partial charge in [-0.25, -0.2) is 23.1 Å². The Morgan fingerprint density at radius 1 is 0.853 bits per heavy atom. The van der Waals surface area contributed by atoms with Crippen LogP contribution in [0, 0.1) is 0 Å². The number of primary sulfonamides is 1. The molecular formula is C26H23N5O2S. The molecule has 0 saturated heterocycles. The van der Waals surface area contributed by atoms with Crippen molar-refractivity contribution in [3.05, 3.63) is 84.8 Å². The Bertz CT molecular complexity index is 1670. The Kier molecular flexibility index (Phi) is 4.60. The molecule has 170 valence electrons. The standard InChI is InChI=1S/C26H23N5O2S/c27-26(12-3-13-26)19-8-6-17(7-9-19)18-14-29-25-23(15-30-31(25)16-18)21-10-11-24(34(28,32)33)22-5-2-1-4-20(21)22/h1-2,4-11,14-16H,3,12-13,27H2,(H2,28,32,33). The van der Waals surface area contributed by atoms with E-state index >= 15 is 0 Å². The molecule has 1 fully saturated rings. The zero-order chi connectivity index (χ0) is 23.5. The molecule has 1 aliphatic carbocycles. The summed E-state index contributed by atoms with van der Waals surface area (Å²) in [6.07, 6.45) is 8.77. The molecule has 3 aromatic carbocycles. The summed E-state index contributed by atoms with van der Waals surface area (Å²) in [6, 6.07) is 19.0. The van der Waals surface area contributed by atoms with Gasteiger partial charge in [-0.3, -0.25) is 0 Å². The average molecular weight is 470 g/mol. The summed E-state index contributed by atoms with van der Waals surface area (Å²) in [5.41, 5.74) is 11.8. The van der Waals surface area contributed by atoms with Crippen molar-refractivity contribution in [1.29, 1.82) is 0 Å². The first-order valence-electron chi connectivity index (χ1n) is 11.1. The highest BCUT2D eigenvalue weighted by Crippen LogP contribution is 2.39. The summed E-state index contributed by atoms with van der Waals surface area (Å²) in [5, 5.41) is 11.3. The van der Waals surface area contributed by atoms with Gasteiger partial charge >= 0.3 is 0 Å². The Morgan fingerprint density at radius 3 is 2.26 bits per heavy atom. The summed E-state index contributed by atoms with van der Waals surface area (Å²) in [5.74, 6) is 0. The third kappa shape index (κ3) is 3.30. The van der Waals surface area contributed by atoms with E-state index < -0.39 is 10.0 Å². The van der Waals surface area contributed by atoms with Gasteiger partial charge in [-0.15, -0.1) is 0 Å². The van der Waals surface area contributed by atoms with Crippen LogP contribution in [0.2, 0.25) is 0 Å². The number of rotatable bonds is 4. The van der Waals surface area contributed by atoms with Crippen LogP contribution in [-0.2, 0) is 15.6 Å². The van der Waals surface area contributed by atoms with Crippen molar-refractivity contribution in [3.8, 4) is 22.3 Å². The predicted octanol–water partition coefficient (Wildman–Crippen LogP) is 4.20. The molecule has 6 rings (SSSR count). The molecule has 2 aromatic heterocycles. The molecule has 0 bridgehead atoms. The zero-order valence-corrected chi connectivity index (χ0v) is 19.2. The van der Waals surface area contributed by atoms with Crippen LogP contribution in [0.25, 0.3) is 38.7 Å². The van der Waals surface area contributed by atoms with Crippen LogP contribution in [-0.4, -0.2) is 23.0 Å². The summed E-state index contributed by atoms with van der Waals surface area (Å²) < 4.78 is 25.9. The zero-order valence-electron chi connectivity index (χ0n) is 18.3. The van der Waals surface area contributed by atoms with Crippen LogP contribution < -0.4 is 10.9 Å². The van der Waals surface area contributed by atoms with Gasteiger partial charge in [-0.2, -0.15) is 5.10 Å². The lowest BCUT2D eigenvalue weighted by Gasteiger charge is -2.38. The third-order valence-corrected chi connectivity index (χ3v) is 7.85. The van der Waals surface area contributed by atoms with Gasteiger partial charge in [0.05, 0.1) is 11.1 Å². The monoisotopic (exact) mass is 469 g/mol. The molecule has 2 heterocycles. The fourth-order valence-electron chi connectivity index (χ4n) is 4.81. The highest BCUT2D eigenvalue weighted by atomic mass is 32.2. The van der Waals surface area contributed by atoms with Crippen molar-refractivity contribution < 1.29 is 8.42 Å². The second-order valence-electron chi connectivity index (χ2n) is 8.96. The number of fused-ring (bicyclic) bond motifs is 2. The lowest BCUT2D eigenvalue weighted by molar-refractivity contribution is 0.253. The molecule has 0 aliphatic heterocycles. The fraction of sp³-hybridized carbons (Fsp3) is 0.154. The molecule has 4 N–H and O–H groups in total. The number of aromatic nitrogens is 3. The number of sulfonamides is 1. The second-order valence-corrected chi connectivity index (χ2v) is 10.5. The molecule has 8 heteroatoms. The number of hydrogen-bond donors (Lipinski definition) is 2. The summed E-state index contributed by atoms with van der Waals surface area (Å²) in [7, 11) is -3.85. The van der Waals surface area contributed by atoms with E-state index in [0.717, 1.165) is 40.5 Å². The van der Waals surface area contributed by atoms with Crippen LogP contribution in [0.15, 0.2) is 84.1 Å². The fourth-order valence-corrected chi connectivity index (χ4v) is 5.55. The maximum Gasteiger partial charge on any atom is 0.238 e. The molecular weight excluding hydrogens is 446 g/mol. The second kappa shape index (κ2) is 7.46. The van der Waals surface area contributed by atoms with E-state index in [4.69, 9.17) is 15.9 Å². The highest BCUT2D eigenvalue weighted by molar-refractivity contribution is 7.89. The lowest BCUT2D eigenvalue weighted by Crippen LogP contribution is -2.43. The van der Waals surface area contributed by atoms with Crippen molar-refractivity contribution in [2.75, 3.05) is 0 Å². The molecule has 1 saturated carbocycles. The third-order valence-electron chi connectivity index (χ3n) is 6.88. The van der Waals surface area contributed by atoms with E-state index in [9.17, 15) is 8.42 Å². The smallest absolute Gasteiger partial charge is 0.238 e. The molecule has 0 spiro atoms. The number of benzene rings is 3. The molecule has 7 nitrogen and oxygen atoms in total. The predicted molar refractivity (Wildman–Crippen MR) is 132 cm³/mol. The van der Waals surface area contributed by atoms with Crippen LogP contribution in [0.5, 0.6) is 0 Å². The summed E-state index contributed by atoms with van der Waals surface area (Å²) >= 11 is 0. The van der Waals surface area contributed by atoms with Crippen molar-refractivity contribution in [3.63, 3.8) is 0 Å². The van der Waals surface area contributed by atoms with Gasteiger partial charge in [0, 0.05) is 34.4 Å². The van der Waals surface area contributed by atoms with E-state index in [1.807, 2.05) is 24.5 Å². The maximum atomic E-state index is 12.1. The highest BCUT2D eigenvalue weighted by Gasteiger charge is 2.34. The van der Waals surface area contributed by atoms with E-state index in [1.165, 1.54) is 12.0 Å². The molecule has 0 amide bonds. The summed E-state index contributed by atoms with van der Waals surface area (Å²) in [4.78, 5) is 4.80. The van der Waals surface area contributed by atoms with Gasteiger partial charge in [0.25, 0.3) is 0 Å². The Balaban J connectivity index is 1.42.